The van der Waals surface area contributed by atoms with Crippen LogP contribution in [0.3, 0.4) is 0 Å². The molecule has 0 spiro atoms. The number of hydrogen-bond acceptors (Lipinski definition) is 3. The first-order valence-electron chi connectivity index (χ1n) is 6.96. The molecule has 1 saturated carbocycles. The molecule has 4 heteroatoms. The van der Waals surface area contributed by atoms with Crippen molar-refractivity contribution in [3.63, 3.8) is 0 Å². The highest BCUT2D eigenvalue weighted by Gasteiger charge is 2.27. The van der Waals surface area contributed by atoms with E-state index in [0.29, 0.717) is 11.3 Å². The van der Waals surface area contributed by atoms with E-state index in [0.717, 1.165) is 12.2 Å². The van der Waals surface area contributed by atoms with Crippen LogP contribution in [0.2, 0.25) is 0 Å². The SMILES string of the molecule is CCNC1CCCC1Sc1ccc(NC(C)=O)cc1. The van der Waals surface area contributed by atoms with E-state index >= 15 is 0 Å². The predicted molar refractivity (Wildman–Crippen MR) is 81.7 cm³/mol. The highest BCUT2D eigenvalue weighted by atomic mass is 32.2. The molecule has 0 bridgehead atoms. The fraction of sp³-hybridized carbons (Fsp3) is 0.533. The zero-order valence-electron chi connectivity index (χ0n) is 11.6. The van der Waals surface area contributed by atoms with Crippen LogP contribution in [0.15, 0.2) is 29.2 Å². The molecule has 2 atom stereocenters. The Morgan fingerprint density at radius 1 is 1.32 bits per heavy atom. The van der Waals surface area contributed by atoms with Crippen molar-refractivity contribution in [3.8, 4) is 0 Å². The van der Waals surface area contributed by atoms with Crippen LogP contribution in [0.1, 0.15) is 33.1 Å². The van der Waals surface area contributed by atoms with Crippen LogP contribution in [0, 0.1) is 0 Å². The van der Waals surface area contributed by atoms with Gasteiger partial charge in [0.1, 0.15) is 0 Å². The Morgan fingerprint density at radius 2 is 2.05 bits per heavy atom. The van der Waals surface area contributed by atoms with Crippen molar-refractivity contribution >= 4 is 23.4 Å². The van der Waals surface area contributed by atoms with Gasteiger partial charge in [0, 0.05) is 28.8 Å². The average molecular weight is 278 g/mol. The lowest BCUT2D eigenvalue weighted by Crippen LogP contribution is -2.33. The van der Waals surface area contributed by atoms with E-state index in [2.05, 4.69) is 29.7 Å². The van der Waals surface area contributed by atoms with Crippen molar-refractivity contribution in [2.75, 3.05) is 11.9 Å². The number of amides is 1. The summed E-state index contributed by atoms with van der Waals surface area (Å²) < 4.78 is 0. The Morgan fingerprint density at radius 3 is 2.68 bits per heavy atom. The van der Waals surface area contributed by atoms with Gasteiger partial charge in [0.2, 0.25) is 5.91 Å². The molecule has 1 fully saturated rings. The van der Waals surface area contributed by atoms with Crippen LogP contribution in [0.5, 0.6) is 0 Å². The van der Waals surface area contributed by atoms with Gasteiger partial charge in [0.25, 0.3) is 0 Å². The quantitative estimate of drug-likeness (QED) is 0.868. The normalized spacial score (nSPS) is 22.4. The molecule has 0 radical (unpaired) electrons. The maximum Gasteiger partial charge on any atom is 0.221 e. The second kappa shape index (κ2) is 6.96. The molecule has 2 unspecified atom stereocenters. The third-order valence-electron chi connectivity index (χ3n) is 3.38. The predicted octanol–water partition coefficient (Wildman–Crippen LogP) is 3.27. The summed E-state index contributed by atoms with van der Waals surface area (Å²) in [6.45, 7) is 4.74. The molecular weight excluding hydrogens is 256 g/mol. The minimum Gasteiger partial charge on any atom is -0.326 e. The van der Waals surface area contributed by atoms with E-state index in [1.54, 1.807) is 0 Å². The van der Waals surface area contributed by atoms with Crippen molar-refractivity contribution in [2.45, 2.75) is 49.3 Å². The molecule has 0 saturated heterocycles. The van der Waals surface area contributed by atoms with E-state index < -0.39 is 0 Å². The van der Waals surface area contributed by atoms with Gasteiger partial charge in [-0.05, 0) is 43.7 Å². The first kappa shape index (κ1) is 14.4. The first-order chi connectivity index (χ1) is 9.19. The van der Waals surface area contributed by atoms with Crippen LogP contribution in [-0.4, -0.2) is 23.7 Å². The molecule has 1 aliphatic carbocycles. The number of rotatable bonds is 5. The van der Waals surface area contributed by atoms with Crippen LogP contribution >= 0.6 is 11.8 Å². The number of anilines is 1. The zero-order chi connectivity index (χ0) is 13.7. The zero-order valence-corrected chi connectivity index (χ0v) is 12.4. The van der Waals surface area contributed by atoms with Gasteiger partial charge >= 0.3 is 0 Å². The van der Waals surface area contributed by atoms with Gasteiger partial charge in [0.05, 0.1) is 0 Å². The molecule has 0 aliphatic heterocycles. The molecule has 1 aromatic rings. The van der Waals surface area contributed by atoms with Crippen LogP contribution in [-0.2, 0) is 4.79 Å². The van der Waals surface area contributed by atoms with Crippen LogP contribution < -0.4 is 10.6 Å². The van der Waals surface area contributed by atoms with Crippen molar-refractivity contribution < 1.29 is 4.79 Å². The lowest BCUT2D eigenvalue weighted by molar-refractivity contribution is -0.114. The monoisotopic (exact) mass is 278 g/mol. The number of nitrogens with one attached hydrogen (secondary N) is 2. The summed E-state index contributed by atoms with van der Waals surface area (Å²) >= 11 is 1.95. The third-order valence-corrected chi connectivity index (χ3v) is 4.79. The minimum absolute atomic E-state index is 0.0246. The summed E-state index contributed by atoms with van der Waals surface area (Å²) in [6, 6.07) is 8.78. The largest absolute Gasteiger partial charge is 0.326 e. The molecule has 2 N–H and O–H groups in total. The maximum absolute atomic E-state index is 11.0. The van der Waals surface area contributed by atoms with Crippen LogP contribution in [0.25, 0.3) is 0 Å². The first-order valence-corrected chi connectivity index (χ1v) is 7.84. The van der Waals surface area contributed by atoms with E-state index in [1.807, 2.05) is 23.9 Å². The van der Waals surface area contributed by atoms with Gasteiger partial charge in [-0.1, -0.05) is 13.3 Å². The lowest BCUT2D eigenvalue weighted by Gasteiger charge is -2.19. The van der Waals surface area contributed by atoms with E-state index in [-0.39, 0.29) is 5.91 Å². The second-order valence-corrected chi connectivity index (χ2v) is 6.27. The summed E-state index contributed by atoms with van der Waals surface area (Å²) in [5, 5.41) is 7.04. The number of carbonyl (C=O) groups excluding carboxylic acids is 1. The molecule has 0 heterocycles. The topological polar surface area (TPSA) is 41.1 Å². The van der Waals surface area contributed by atoms with Crippen molar-refractivity contribution in [1.29, 1.82) is 0 Å². The number of hydrogen-bond donors (Lipinski definition) is 2. The Bertz CT molecular complexity index is 419. The summed E-state index contributed by atoms with van der Waals surface area (Å²) in [7, 11) is 0. The average Bonchev–Trinajstić information content (AvgIpc) is 2.79. The molecule has 0 aromatic heterocycles. The van der Waals surface area contributed by atoms with Crippen molar-refractivity contribution in [2.24, 2.45) is 0 Å². The Balaban J connectivity index is 1.93. The molecule has 19 heavy (non-hydrogen) atoms. The van der Waals surface area contributed by atoms with Gasteiger partial charge in [-0.15, -0.1) is 11.8 Å². The van der Waals surface area contributed by atoms with E-state index in [4.69, 9.17) is 0 Å². The molecule has 1 amide bonds. The van der Waals surface area contributed by atoms with E-state index in [9.17, 15) is 4.79 Å². The van der Waals surface area contributed by atoms with Gasteiger partial charge < -0.3 is 10.6 Å². The standard InChI is InChI=1S/C15H22N2OS/c1-3-16-14-5-4-6-15(14)19-13-9-7-12(8-10-13)17-11(2)18/h7-10,14-16H,3-6H2,1-2H3,(H,17,18). The summed E-state index contributed by atoms with van der Waals surface area (Å²) in [5.74, 6) is -0.0246. The van der Waals surface area contributed by atoms with Gasteiger partial charge in [-0.25, -0.2) is 0 Å². The highest BCUT2D eigenvalue weighted by Crippen LogP contribution is 2.35. The molecular formula is C15H22N2OS. The van der Waals surface area contributed by atoms with Gasteiger partial charge in [0.15, 0.2) is 0 Å². The number of thioether (sulfide) groups is 1. The van der Waals surface area contributed by atoms with Crippen LogP contribution in [0.4, 0.5) is 5.69 Å². The van der Waals surface area contributed by atoms with E-state index in [1.165, 1.54) is 31.1 Å². The summed E-state index contributed by atoms with van der Waals surface area (Å²) in [4.78, 5) is 12.2. The lowest BCUT2D eigenvalue weighted by atomic mass is 10.2. The van der Waals surface area contributed by atoms with Crippen molar-refractivity contribution in [1.82, 2.24) is 5.32 Å². The Labute approximate surface area is 119 Å². The molecule has 2 rings (SSSR count). The fourth-order valence-electron chi connectivity index (χ4n) is 2.56. The third kappa shape index (κ3) is 4.25. The molecule has 1 aliphatic rings. The maximum atomic E-state index is 11.0. The minimum atomic E-state index is -0.0246. The fourth-order valence-corrected chi connectivity index (χ4v) is 3.88. The Kier molecular flexibility index (Phi) is 5.28. The van der Waals surface area contributed by atoms with Crippen molar-refractivity contribution in [3.05, 3.63) is 24.3 Å². The molecule has 1 aromatic carbocycles. The second-order valence-electron chi connectivity index (χ2n) is 4.96. The smallest absolute Gasteiger partial charge is 0.221 e. The number of carbonyl (C=O) groups is 1. The van der Waals surface area contributed by atoms with Gasteiger partial charge in [-0.3, -0.25) is 4.79 Å². The number of benzene rings is 1. The molecule has 104 valence electrons. The van der Waals surface area contributed by atoms with Gasteiger partial charge in [-0.2, -0.15) is 0 Å². The summed E-state index contributed by atoms with van der Waals surface area (Å²) in [5.41, 5.74) is 0.867. The summed E-state index contributed by atoms with van der Waals surface area (Å²) in [6.07, 6.45) is 3.89. The Hall–Kier alpha value is -1.00. The molecule has 3 nitrogen and oxygen atoms in total. The highest BCUT2D eigenvalue weighted by molar-refractivity contribution is 8.00.